The number of hydrogen-bond donors (Lipinski definition) is 1. The Morgan fingerprint density at radius 1 is 1.38 bits per heavy atom. The van der Waals surface area contributed by atoms with Crippen LogP contribution in [-0.4, -0.2) is 32.9 Å². The van der Waals surface area contributed by atoms with Gasteiger partial charge in [0.05, 0.1) is 7.11 Å². The van der Waals surface area contributed by atoms with Gasteiger partial charge in [-0.05, 0) is 43.4 Å². The molecule has 1 saturated carbocycles. The van der Waals surface area contributed by atoms with Gasteiger partial charge in [-0.2, -0.15) is 4.31 Å². The topological polar surface area (TPSA) is 72.6 Å². The van der Waals surface area contributed by atoms with Crippen LogP contribution in [0.3, 0.4) is 0 Å². The SMILES string of the molecule is CCN(CC1CCC1)S(=O)(=O)c1cc(N)c(C)cc1OC. The zero-order valence-electron chi connectivity index (χ0n) is 12.9. The Bertz CT molecular complexity index is 610. The highest BCUT2D eigenvalue weighted by atomic mass is 32.2. The number of nitrogen functional groups attached to an aromatic ring is 1. The van der Waals surface area contributed by atoms with E-state index in [-0.39, 0.29) is 4.90 Å². The molecule has 0 unspecified atom stereocenters. The second-order valence-corrected chi connectivity index (χ2v) is 7.52. The van der Waals surface area contributed by atoms with Gasteiger partial charge in [-0.15, -0.1) is 0 Å². The number of ether oxygens (including phenoxy) is 1. The molecule has 0 amide bonds. The van der Waals surface area contributed by atoms with Gasteiger partial charge in [0.25, 0.3) is 0 Å². The molecule has 0 bridgehead atoms. The first-order valence-electron chi connectivity index (χ1n) is 7.34. The number of sulfonamides is 1. The lowest BCUT2D eigenvalue weighted by Crippen LogP contribution is -2.37. The molecule has 2 rings (SSSR count). The number of rotatable bonds is 6. The Labute approximate surface area is 127 Å². The molecule has 0 spiro atoms. The Balaban J connectivity index is 2.38. The fraction of sp³-hybridized carbons (Fsp3) is 0.600. The van der Waals surface area contributed by atoms with Gasteiger partial charge in [-0.1, -0.05) is 13.3 Å². The molecule has 0 heterocycles. The molecule has 0 aliphatic heterocycles. The fourth-order valence-corrected chi connectivity index (χ4v) is 4.24. The lowest BCUT2D eigenvalue weighted by atomic mass is 9.85. The molecule has 1 fully saturated rings. The van der Waals surface area contributed by atoms with Gasteiger partial charge in [0.2, 0.25) is 10.0 Å². The van der Waals surface area contributed by atoms with Crippen LogP contribution < -0.4 is 10.5 Å². The minimum Gasteiger partial charge on any atom is -0.495 e. The van der Waals surface area contributed by atoms with Gasteiger partial charge in [0.1, 0.15) is 10.6 Å². The molecule has 1 aliphatic carbocycles. The zero-order valence-corrected chi connectivity index (χ0v) is 13.7. The second-order valence-electron chi connectivity index (χ2n) is 5.61. The summed E-state index contributed by atoms with van der Waals surface area (Å²) >= 11 is 0. The highest BCUT2D eigenvalue weighted by molar-refractivity contribution is 7.89. The maximum absolute atomic E-state index is 12.9. The van der Waals surface area contributed by atoms with Crippen molar-refractivity contribution in [2.75, 3.05) is 25.9 Å². The summed E-state index contributed by atoms with van der Waals surface area (Å²) in [5.41, 5.74) is 7.16. The number of benzene rings is 1. The Morgan fingerprint density at radius 3 is 2.52 bits per heavy atom. The summed E-state index contributed by atoms with van der Waals surface area (Å²) < 4.78 is 32.5. The summed E-state index contributed by atoms with van der Waals surface area (Å²) in [5, 5.41) is 0. The molecular weight excluding hydrogens is 288 g/mol. The molecule has 21 heavy (non-hydrogen) atoms. The molecule has 6 heteroatoms. The predicted octanol–water partition coefficient (Wildman–Crippen LogP) is 2.40. The molecule has 5 nitrogen and oxygen atoms in total. The summed E-state index contributed by atoms with van der Waals surface area (Å²) in [6.07, 6.45) is 3.42. The molecule has 118 valence electrons. The van der Waals surface area contributed by atoms with Crippen molar-refractivity contribution in [3.05, 3.63) is 17.7 Å². The van der Waals surface area contributed by atoms with E-state index in [2.05, 4.69) is 0 Å². The first-order chi connectivity index (χ1) is 9.90. The molecule has 2 N–H and O–H groups in total. The molecular formula is C15H24N2O3S. The molecule has 0 aromatic heterocycles. The monoisotopic (exact) mass is 312 g/mol. The maximum Gasteiger partial charge on any atom is 0.246 e. The first kappa shape index (κ1) is 16.1. The first-order valence-corrected chi connectivity index (χ1v) is 8.78. The van der Waals surface area contributed by atoms with Gasteiger partial charge < -0.3 is 10.5 Å². The molecule has 0 saturated heterocycles. The van der Waals surface area contributed by atoms with Crippen LogP contribution in [0.15, 0.2) is 17.0 Å². The smallest absolute Gasteiger partial charge is 0.246 e. The Morgan fingerprint density at radius 2 is 2.05 bits per heavy atom. The van der Waals surface area contributed by atoms with Crippen molar-refractivity contribution >= 4 is 15.7 Å². The molecule has 1 aromatic carbocycles. The van der Waals surface area contributed by atoms with E-state index in [0.717, 1.165) is 18.4 Å². The van der Waals surface area contributed by atoms with Crippen LogP contribution in [0.25, 0.3) is 0 Å². The summed E-state index contributed by atoms with van der Waals surface area (Å²) in [6, 6.07) is 3.19. The normalized spacial score (nSPS) is 16.0. The van der Waals surface area contributed by atoms with Crippen molar-refractivity contribution in [3.8, 4) is 5.75 Å². The van der Waals surface area contributed by atoms with Crippen LogP contribution in [0.1, 0.15) is 31.7 Å². The van der Waals surface area contributed by atoms with Gasteiger partial charge in [-0.25, -0.2) is 8.42 Å². The summed E-state index contributed by atoms with van der Waals surface area (Å²) in [5.74, 6) is 0.835. The fourth-order valence-electron chi connectivity index (χ4n) is 2.54. The van der Waals surface area contributed by atoms with Gasteiger partial charge in [-0.3, -0.25) is 0 Å². The summed E-state index contributed by atoms with van der Waals surface area (Å²) in [4.78, 5) is 0.161. The minimum atomic E-state index is -3.58. The Hall–Kier alpha value is -1.27. The van der Waals surface area contributed by atoms with Crippen molar-refractivity contribution < 1.29 is 13.2 Å². The van der Waals surface area contributed by atoms with E-state index in [9.17, 15) is 8.42 Å². The number of methoxy groups -OCH3 is 1. The third-order valence-corrected chi connectivity index (χ3v) is 6.17. The van der Waals surface area contributed by atoms with E-state index in [1.165, 1.54) is 23.9 Å². The highest BCUT2D eigenvalue weighted by Gasteiger charge is 2.31. The van der Waals surface area contributed by atoms with Crippen molar-refractivity contribution in [1.29, 1.82) is 0 Å². The number of anilines is 1. The van der Waals surface area contributed by atoms with E-state index < -0.39 is 10.0 Å². The molecule has 0 radical (unpaired) electrons. The van der Waals surface area contributed by atoms with Gasteiger partial charge >= 0.3 is 0 Å². The molecule has 1 aliphatic rings. The third-order valence-electron chi connectivity index (χ3n) is 4.21. The molecule has 0 atom stereocenters. The number of nitrogens with zero attached hydrogens (tertiary/aromatic N) is 1. The van der Waals surface area contributed by atoms with Crippen LogP contribution in [0, 0.1) is 12.8 Å². The van der Waals surface area contributed by atoms with E-state index in [4.69, 9.17) is 10.5 Å². The van der Waals surface area contributed by atoms with E-state index in [0.29, 0.717) is 30.4 Å². The van der Waals surface area contributed by atoms with Crippen molar-refractivity contribution in [2.24, 2.45) is 5.92 Å². The lowest BCUT2D eigenvalue weighted by molar-refractivity contribution is 0.249. The van der Waals surface area contributed by atoms with Crippen LogP contribution in [0.4, 0.5) is 5.69 Å². The summed E-state index contributed by atoms with van der Waals surface area (Å²) in [7, 11) is -2.10. The highest BCUT2D eigenvalue weighted by Crippen LogP contribution is 2.33. The maximum atomic E-state index is 12.9. The standard InChI is InChI=1S/C15H24N2O3S/c1-4-17(10-12-6-5-7-12)21(18,19)15-9-13(16)11(2)8-14(15)20-3/h8-9,12H,4-7,10,16H2,1-3H3. The zero-order chi connectivity index (χ0) is 15.6. The summed E-state index contributed by atoms with van der Waals surface area (Å²) in [6.45, 7) is 4.73. The van der Waals surface area contributed by atoms with E-state index in [1.807, 2.05) is 13.8 Å². The van der Waals surface area contributed by atoms with Crippen molar-refractivity contribution in [3.63, 3.8) is 0 Å². The predicted molar refractivity (Wildman–Crippen MR) is 83.9 cm³/mol. The largest absolute Gasteiger partial charge is 0.495 e. The van der Waals surface area contributed by atoms with Crippen molar-refractivity contribution in [2.45, 2.75) is 38.0 Å². The van der Waals surface area contributed by atoms with Crippen LogP contribution in [0.5, 0.6) is 5.75 Å². The number of hydrogen-bond acceptors (Lipinski definition) is 4. The second kappa shape index (κ2) is 6.23. The van der Waals surface area contributed by atoms with Gasteiger partial charge in [0, 0.05) is 18.8 Å². The van der Waals surface area contributed by atoms with Crippen LogP contribution >= 0.6 is 0 Å². The molecule has 1 aromatic rings. The number of nitrogens with two attached hydrogens (primary N) is 1. The van der Waals surface area contributed by atoms with Crippen molar-refractivity contribution in [1.82, 2.24) is 4.31 Å². The third kappa shape index (κ3) is 3.16. The number of aryl methyl sites for hydroxylation is 1. The Kier molecular flexibility index (Phi) is 4.78. The quantitative estimate of drug-likeness (QED) is 0.819. The van der Waals surface area contributed by atoms with Crippen LogP contribution in [0.2, 0.25) is 0 Å². The van der Waals surface area contributed by atoms with E-state index >= 15 is 0 Å². The average Bonchev–Trinajstić information content (AvgIpc) is 2.39. The van der Waals surface area contributed by atoms with Gasteiger partial charge in [0.15, 0.2) is 0 Å². The van der Waals surface area contributed by atoms with E-state index in [1.54, 1.807) is 6.07 Å². The average molecular weight is 312 g/mol. The minimum absolute atomic E-state index is 0.161. The lowest BCUT2D eigenvalue weighted by Gasteiger charge is -2.31. The van der Waals surface area contributed by atoms with Crippen LogP contribution in [-0.2, 0) is 10.0 Å².